The number of hydrogen-bond acceptors (Lipinski definition) is 1. The number of phenolic OH excluding ortho intramolecular Hbond substituents is 1. The summed E-state index contributed by atoms with van der Waals surface area (Å²) in [6.07, 6.45) is 0. The number of halogens is 1. The highest BCUT2D eigenvalue weighted by Gasteiger charge is 1.99. The van der Waals surface area contributed by atoms with Crippen LogP contribution in [-0.4, -0.2) is 5.11 Å². The van der Waals surface area contributed by atoms with E-state index in [0.717, 1.165) is 15.2 Å². The summed E-state index contributed by atoms with van der Waals surface area (Å²) in [5, 5.41) is 11.4. The first-order chi connectivity index (χ1) is 5.79. The van der Waals surface area contributed by atoms with Gasteiger partial charge in [-0.3, -0.25) is 0 Å². The lowest BCUT2D eigenvalue weighted by Crippen LogP contribution is -1.74. The highest BCUT2D eigenvalue weighted by Crippen LogP contribution is 2.29. The van der Waals surface area contributed by atoms with Gasteiger partial charge in [-0.25, -0.2) is 0 Å². The van der Waals surface area contributed by atoms with Crippen molar-refractivity contribution in [1.29, 1.82) is 0 Å². The van der Waals surface area contributed by atoms with Gasteiger partial charge in [0.1, 0.15) is 5.75 Å². The van der Waals surface area contributed by atoms with Crippen LogP contribution in [0.3, 0.4) is 0 Å². The van der Waals surface area contributed by atoms with Crippen molar-refractivity contribution in [3.8, 4) is 5.75 Å². The Hall–Kier alpha value is -1.02. The fraction of sp³-hybridized carbons (Fsp3) is 0. The SMILES string of the molecule is Oc1cccc2c(Br)cccc12. The molecule has 1 N–H and O–H groups in total. The van der Waals surface area contributed by atoms with Gasteiger partial charge in [0.15, 0.2) is 0 Å². The third-order valence-electron chi connectivity index (χ3n) is 1.85. The predicted octanol–water partition coefficient (Wildman–Crippen LogP) is 3.31. The molecule has 2 rings (SSSR count). The Morgan fingerprint density at radius 2 is 1.58 bits per heavy atom. The summed E-state index contributed by atoms with van der Waals surface area (Å²) in [6.45, 7) is 0. The molecule has 0 fully saturated rings. The van der Waals surface area contributed by atoms with Gasteiger partial charge in [-0.2, -0.15) is 0 Å². The Labute approximate surface area is 78.8 Å². The van der Waals surface area contributed by atoms with Crippen LogP contribution in [0.2, 0.25) is 0 Å². The topological polar surface area (TPSA) is 20.2 Å². The van der Waals surface area contributed by atoms with E-state index in [-0.39, 0.29) is 0 Å². The molecule has 12 heavy (non-hydrogen) atoms. The van der Waals surface area contributed by atoms with E-state index >= 15 is 0 Å². The third kappa shape index (κ3) is 1.08. The van der Waals surface area contributed by atoms with E-state index in [2.05, 4.69) is 15.9 Å². The summed E-state index contributed by atoms with van der Waals surface area (Å²) < 4.78 is 1.01. The molecule has 0 bridgehead atoms. The number of fused-ring (bicyclic) bond motifs is 1. The minimum Gasteiger partial charge on any atom is -0.507 e. The third-order valence-corrected chi connectivity index (χ3v) is 2.54. The van der Waals surface area contributed by atoms with Crippen molar-refractivity contribution in [3.63, 3.8) is 0 Å². The van der Waals surface area contributed by atoms with Gasteiger partial charge in [-0.05, 0) is 17.5 Å². The lowest BCUT2D eigenvalue weighted by atomic mass is 10.1. The summed E-state index contributed by atoms with van der Waals surface area (Å²) in [4.78, 5) is 0. The maximum Gasteiger partial charge on any atom is 0.123 e. The molecule has 0 saturated heterocycles. The van der Waals surface area contributed by atoms with Crippen LogP contribution in [0.25, 0.3) is 10.8 Å². The minimum absolute atomic E-state index is 0.328. The average Bonchev–Trinajstić information content (AvgIpc) is 2.07. The number of benzene rings is 2. The molecule has 0 aliphatic heterocycles. The van der Waals surface area contributed by atoms with Crippen molar-refractivity contribution in [2.75, 3.05) is 0 Å². The van der Waals surface area contributed by atoms with Gasteiger partial charge >= 0.3 is 0 Å². The normalized spacial score (nSPS) is 10.4. The Kier molecular flexibility index (Phi) is 1.77. The number of phenols is 1. The second kappa shape index (κ2) is 2.79. The Bertz CT molecular complexity index is 382. The summed E-state index contributed by atoms with van der Waals surface area (Å²) in [5.41, 5.74) is 0. The molecule has 0 atom stereocenters. The summed E-state index contributed by atoms with van der Waals surface area (Å²) >= 11 is 3.42. The van der Waals surface area contributed by atoms with Crippen LogP contribution in [0.4, 0.5) is 0 Å². The second-order valence-electron chi connectivity index (χ2n) is 2.61. The van der Waals surface area contributed by atoms with Crippen molar-refractivity contribution in [1.82, 2.24) is 0 Å². The van der Waals surface area contributed by atoms with Crippen LogP contribution in [-0.2, 0) is 0 Å². The first-order valence-electron chi connectivity index (χ1n) is 3.65. The largest absolute Gasteiger partial charge is 0.507 e. The molecule has 0 radical (unpaired) electrons. The summed E-state index contributed by atoms with van der Waals surface area (Å²) in [7, 11) is 0. The molecule has 0 amide bonds. The van der Waals surface area contributed by atoms with E-state index < -0.39 is 0 Å². The zero-order valence-corrected chi connectivity index (χ0v) is 7.88. The quantitative estimate of drug-likeness (QED) is 0.726. The zero-order chi connectivity index (χ0) is 8.55. The summed E-state index contributed by atoms with van der Waals surface area (Å²) in [6, 6.07) is 11.3. The van der Waals surface area contributed by atoms with Crippen molar-refractivity contribution in [2.24, 2.45) is 0 Å². The van der Waals surface area contributed by atoms with Gasteiger partial charge in [0, 0.05) is 9.86 Å². The van der Waals surface area contributed by atoms with Crippen LogP contribution in [0.15, 0.2) is 40.9 Å². The highest BCUT2D eigenvalue weighted by atomic mass is 79.9. The molecular weight excluding hydrogens is 216 g/mol. The zero-order valence-electron chi connectivity index (χ0n) is 6.29. The van der Waals surface area contributed by atoms with Gasteiger partial charge < -0.3 is 5.11 Å². The van der Waals surface area contributed by atoms with Crippen LogP contribution in [0.5, 0.6) is 5.75 Å². The molecule has 0 aliphatic carbocycles. The van der Waals surface area contributed by atoms with Crippen LogP contribution in [0.1, 0.15) is 0 Å². The predicted molar refractivity (Wildman–Crippen MR) is 53.3 cm³/mol. The molecule has 0 unspecified atom stereocenters. The van der Waals surface area contributed by atoms with Gasteiger partial charge in [0.2, 0.25) is 0 Å². The molecule has 0 aliphatic rings. The smallest absolute Gasteiger partial charge is 0.123 e. The Balaban J connectivity index is 2.94. The lowest BCUT2D eigenvalue weighted by molar-refractivity contribution is 0.481. The van der Waals surface area contributed by atoms with Crippen molar-refractivity contribution in [3.05, 3.63) is 40.9 Å². The van der Waals surface area contributed by atoms with E-state index in [1.807, 2.05) is 30.3 Å². The Morgan fingerprint density at radius 1 is 0.917 bits per heavy atom. The first-order valence-corrected chi connectivity index (χ1v) is 4.44. The fourth-order valence-electron chi connectivity index (χ4n) is 1.26. The number of aromatic hydroxyl groups is 1. The molecule has 2 aromatic carbocycles. The van der Waals surface area contributed by atoms with E-state index in [1.165, 1.54) is 0 Å². The van der Waals surface area contributed by atoms with E-state index in [0.29, 0.717) is 5.75 Å². The molecule has 0 heterocycles. The Morgan fingerprint density at radius 3 is 2.33 bits per heavy atom. The van der Waals surface area contributed by atoms with Crippen LogP contribution in [0, 0.1) is 0 Å². The molecule has 0 spiro atoms. The van der Waals surface area contributed by atoms with Gasteiger partial charge in [0.05, 0.1) is 0 Å². The van der Waals surface area contributed by atoms with Gasteiger partial charge in [-0.1, -0.05) is 40.2 Å². The fourth-order valence-corrected chi connectivity index (χ4v) is 1.75. The molecule has 0 aromatic heterocycles. The van der Waals surface area contributed by atoms with Gasteiger partial charge in [0.25, 0.3) is 0 Å². The monoisotopic (exact) mass is 222 g/mol. The average molecular weight is 223 g/mol. The van der Waals surface area contributed by atoms with Crippen molar-refractivity contribution >= 4 is 26.7 Å². The molecule has 60 valence electrons. The molecule has 1 nitrogen and oxygen atoms in total. The lowest BCUT2D eigenvalue weighted by Gasteiger charge is -2.01. The number of hydrogen-bond donors (Lipinski definition) is 1. The van der Waals surface area contributed by atoms with Crippen molar-refractivity contribution in [2.45, 2.75) is 0 Å². The minimum atomic E-state index is 0.328. The van der Waals surface area contributed by atoms with Crippen LogP contribution < -0.4 is 0 Å². The van der Waals surface area contributed by atoms with Crippen LogP contribution >= 0.6 is 15.9 Å². The van der Waals surface area contributed by atoms with Crippen molar-refractivity contribution < 1.29 is 5.11 Å². The maximum atomic E-state index is 9.47. The van der Waals surface area contributed by atoms with E-state index in [1.54, 1.807) is 6.07 Å². The molecule has 2 heteroatoms. The molecule has 2 aromatic rings. The first kappa shape index (κ1) is 7.62. The second-order valence-corrected chi connectivity index (χ2v) is 3.47. The number of rotatable bonds is 0. The highest BCUT2D eigenvalue weighted by molar-refractivity contribution is 9.10. The standard InChI is InChI=1S/C10H7BrO/c11-9-5-1-4-8-7(9)3-2-6-10(8)12/h1-6,12H. The molecular formula is C10H7BrO. The van der Waals surface area contributed by atoms with E-state index in [9.17, 15) is 5.11 Å². The van der Waals surface area contributed by atoms with Gasteiger partial charge in [-0.15, -0.1) is 0 Å². The summed E-state index contributed by atoms with van der Waals surface area (Å²) in [5.74, 6) is 0.328. The molecule has 0 saturated carbocycles. The van der Waals surface area contributed by atoms with E-state index in [4.69, 9.17) is 0 Å². The maximum absolute atomic E-state index is 9.47.